The molecule has 2 aromatic heterocycles. The smallest absolute Gasteiger partial charge is 0.0973 e. The summed E-state index contributed by atoms with van der Waals surface area (Å²) in [6, 6.07) is 72.6. The number of anilines is 3. The van der Waals surface area contributed by atoms with E-state index in [1.54, 1.807) is 0 Å². The molecule has 4 heteroatoms. The van der Waals surface area contributed by atoms with Crippen LogP contribution in [0.25, 0.3) is 72.2 Å². The lowest BCUT2D eigenvalue weighted by Crippen LogP contribution is -2.09. The molecule has 4 nitrogen and oxygen atoms in total. The van der Waals surface area contributed by atoms with Gasteiger partial charge >= 0.3 is 0 Å². The second-order valence-electron chi connectivity index (χ2n) is 13.5. The molecule has 10 aromatic rings. The Balaban J connectivity index is 1.03. The third kappa shape index (κ3) is 5.58. The molecule has 2 heterocycles. The zero-order valence-electron chi connectivity index (χ0n) is 29.4. The van der Waals surface area contributed by atoms with Gasteiger partial charge in [0.25, 0.3) is 0 Å². The average Bonchev–Trinajstić information content (AvgIpc) is 3.58. The van der Waals surface area contributed by atoms with E-state index in [0.717, 1.165) is 56.3 Å². The van der Waals surface area contributed by atoms with E-state index in [2.05, 4.69) is 173 Å². The van der Waals surface area contributed by atoms with Crippen LogP contribution in [0.3, 0.4) is 0 Å². The maximum atomic E-state index is 5.13. The van der Waals surface area contributed by atoms with Gasteiger partial charge < -0.3 is 9.47 Å². The van der Waals surface area contributed by atoms with Crippen LogP contribution in [0.1, 0.15) is 0 Å². The molecule has 0 saturated heterocycles. The molecule has 0 N–H and O–H groups in total. The number of rotatable bonds is 7. The van der Waals surface area contributed by atoms with Crippen molar-refractivity contribution in [1.29, 1.82) is 0 Å². The molecule has 10 rings (SSSR count). The minimum absolute atomic E-state index is 0.867. The predicted molar refractivity (Wildman–Crippen MR) is 225 cm³/mol. The fourth-order valence-corrected chi connectivity index (χ4v) is 7.60. The second-order valence-corrected chi connectivity index (χ2v) is 13.5. The highest BCUT2D eigenvalue weighted by molar-refractivity contribution is 6.10. The van der Waals surface area contributed by atoms with Gasteiger partial charge in [-0.1, -0.05) is 127 Å². The summed E-state index contributed by atoms with van der Waals surface area (Å²) >= 11 is 0. The number of benzene rings is 8. The Morgan fingerprint density at radius 1 is 0.333 bits per heavy atom. The lowest BCUT2D eigenvalue weighted by Gasteiger charge is -2.26. The summed E-state index contributed by atoms with van der Waals surface area (Å²) < 4.78 is 2.36. The zero-order valence-corrected chi connectivity index (χ0v) is 29.4. The van der Waals surface area contributed by atoms with Gasteiger partial charge in [0.15, 0.2) is 0 Å². The molecular formula is C50H34N4. The van der Waals surface area contributed by atoms with Crippen molar-refractivity contribution in [3.63, 3.8) is 0 Å². The second kappa shape index (κ2) is 13.4. The Labute approximate surface area is 313 Å². The summed E-state index contributed by atoms with van der Waals surface area (Å²) in [6.45, 7) is 0. The van der Waals surface area contributed by atoms with Crippen molar-refractivity contribution in [1.82, 2.24) is 14.5 Å². The van der Waals surface area contributed by atoms with Crippen LogP contribution in [0.4, 0.5) is 17.1 Å². The standard InChI is InChI=1S/C50H34N4/c1-4-14-36(15-5-1)49-50(52-46-22-12-11-21-45(46)51-49)37-26-31-42(32-27-37)53(39-16-6-2-7-17-39)41-29-24-35(25-30-41)38-28-33-48-44(34-38)43-20-10-13-23-47(43)54(48)40-18-8-3-9-19-40/h1-34H. The summed E-state index contributed by atoms with van der Waals surface area (Å²) in [5, 5.41) is 2.49. The first-order valence-corrected chi connectivity index (χ1v) is 18.3. The minimum Gasteiger partial charge on any atom is -0.311 e. The van der Waals surface area contributed by atoms with Gasteiger partial charge in [0, 0.05) is 44.6 Å². The fourth-order valence-electron chi connectivity index (χ4n) is 7.60. The van der Waals surface area contributed by atoms with Gasteiger partial charge in [-0.25, -0.2) is 9.97 Å². The number of hydrogen-bond donors (Lipinski definition) is 0. The number of hydrogen-bond acceptors (Lipinski definition) is 3. The number of para-hydroxylation sites is 5. The monoisotopic (exact) mass is 690 g/mol. The molecule has 8 aromatic carbocycles. The van der Waals surface area contributed by atoms with E-state index >= 15 is 0 Å². The van der Waals surface area contributed by atoms with Gasteiger partial charge in [-0.3, -0.25) is 0 Å². The summed E-state index contributed by atoms with van der Waals surface area (Å²) in [6.07, 6.45) is 0. The Bertz CT molecular complexity index is 2900. The average molecular weight is 691 g/mol. The van der Waals surface area contributed by atoms with Crippen LogP contribution in [0.2, 0.25) is 0 Å². The molecule has 0 saturated carbocycles. The van der Waals surface area contributed by atoms with Crippen LogP contribution >= 0.6 is 0 Å². The van der Waals surface area contributed by atoms with E-state index in [1.807, 2.05) is 42.5 Å². The summed E-state index contributed by atoms with van der Waals surface area (Å²) in [7, 11) is 0. The molecule has 0 fully saturated rings. The Hall–Kier alpha value is -7.30. The zero-order chi connectivity index (χ0) is 35.8. The first-order valence-electron chi connectivity index (χ1n) is 18.3. The van der Waals surface area contributed by atoms with Crippen LogP contribution in [0.15, 0.2) is 206 Å². The number of nitrogens with zero attached hydrogens (tertiary/aromatic N) is 4. The Kier molecular flexibility index (Phi) is 7.77. The van der Waals surface area contributed by atoms with Crippen molar-refractivity contribution < 1.29 is 0 Å². The van der Waals surface area contributed by atoms with Gasteiger partial charge in [-0.2, -0.15) is 0 Å². The summed E-state index contributed by atoms with van der Waals surface area (Å²) in [5.74, 6) is 0. The van der Waals surface area contributed by atoms with E-state index in [1.165, 1.54) is 32.9 Å². The van der Waals surface area contributed by atoms with Gasteiger partial charge in [0.05, 0.1) is 33.5 Å². The number of aromatic nitrogens is 3. The third-order valence-corrected chi connectivity index (χ3v) is 10.2. The molecule has 0 aliphatic rings. The van der Waals surface area contributed by atoms with Gasteiger partial charge in [-0.15, -0.1) is 0 Å². The van der Waals surface area contributed by atoms with Crippen molar-refractivity contribution in [2.75, 3.05) is 4.90 Å². The van der Waals surface area contributed by atoms with Crippen molar-refractivity contribution in [2.24, 2.45) is 0 Å². The quantitative estimate of drug-likeness (QED) is 0.167. The SMILES string of the molecule is c1ccc(-c2nc3ccccc3nc2-c2ccc(N(c3ccccc3)c3ccc(-c4ccc5c(c4)c4ccccc4n5-c4ccccc4)cc3)cc2)cc1. The highest BCUT2D eigenvalue weighted by Gasteiger charge is 2.17. The van der Waals surface area contributed by atoms with Gasteiger partial charge in [0.2, 0.25) is 0 Å². The molecule has 0 unspecified atom stereocenters. The van der Waals surface area contributed by atoms with Crippen molar-refractivity contribution >= 4 is 49.9 Å². The maximum Gasteiger partial charge on any atom is 0.0973 e. The maximum absolute atomic E-state index is 5.13. The van der Waals surface area contributed by atoms with E-state index < -0.39 is 0 Å². The normalized spacial score (nSPS) is 11.3. The molecule has 0 spiro atoms. The van der Waals surface area contributed by atoms with Crippen LogP contribution in [0, 0.1) is 0 Å². The molecule has 0 aliphatic heterocycles. The fraction of sp³-hybridized carbons (Fsp3) is 0. The van der Waals surface area contributed by atoms with E-state index in [4.69, 9.17) is 9.97 Å². The summed E-state index contributed by atoms with van der Waals surface area (Å²) in [5.41, 5.74) is 14.7. The predicted octanol–water partition coefficient (Wildman–Crippen LogP) is 13.2. The molecule has 0 radical (unpaired) electrons. The topological polar surface area (TPSA) is 34.0 Å². The summed E-state index contributed by atoms with van der Waals surface area (Å²) in [4.78, 5) is 12.5. The minimum atomic E-state index is 0.867. The van der Waals surface area contributed by atoms with Crippen LogP contribution in [0.5, 0.6) is 0 Å². The van der Waals surface area contributed by atoms with Crippen LogP contribution in [-0.4, -0.2) is 14.5 Å². The van der Waals surface area contributed by atoms with Crippen molar-refractivity contribution in [2.45, 2.75) is 0 Å². The highest BCUT2D eigenvalue weighted by Crippen LogP contribution is 2.39. The molecule has 0 aliphatic carbocycles. The molecular weight excluding hydrogens is 657 g/mol. The van der Waals surface area contributed by atoms with Gasteiger partial charge in [-0.05, 0) is 90.0 Å². The lowest BCUT2D eigenvalue weighted by molar-refractivity contribution is 1.18. The third-order valence-electron chi connectivity index (χ3n) is 10.2. The number of fused-ring (bicyclic) bond motifs is 4. The Morgan fingerprint density at radius 3 is 1.44 bits per heavy atom. The van der Waals surface area contributed by atoms with E-state index in [9.17, 15) is 0 Å². The highest BCUT2D eigenvalue weighted by atomic mass is 15.1. The van der Waals surface area contributed by atoms with E-state index in [-0.39, 0.29) is 0 Å². The first kappa shape index (κ1) is 31.4. The molecule has 0 amide bonds. The molecule has 0 atom stereocenters. The van der Waals surface area contributed by atoms with Gasteiger partial charge in [0.1, 0.15) is 0 Å². The van der Waals surface area contributed by atoms with Crippen LogP contribution in [-0.2, 0) is 0 Å². The molecule has 0 bridgehead atoms. The Morgan fingerprint density at radius 2 is 0.796 bits per heavy atom. The first-order chi connectivity index (χ1) is 26.8. The lowest BCUT2D eigenvalue weighted by atomic mass is 10.0. The van der Waals surface area contributed by atoms with Crippen molar-refractivity contribution in [3.8, 4) is 39.3 Å². The largest absolute Gasteiger partial charge is 0.311 e. The van der Waals surface area contributed by atoms with Crippen LogP contribution < -0.4 is 4.90 Å². The molecule has 254 valence electrons. The molecule has 54 heavy (non-hydrogen) atoms. The van der Waals surface area contributed by atoms with Crippen molar-refractivity contribution in [3.05, 3.63) is 206 Å². The van der Waals surface area contributed by atoms with E-state index in [0.29, 0.717) is 0 Å².